The second kappa shape index (κ2) is 8.65. The van der Waals surface area contributed by atoms with Gasteiger partial charge in [-0.2, -0.15) is 0 Å². The summed E-state index contributed by atoms with van der Waals surface area (Å²) in [7, 11) is 0. The van der Waals surface area contributed by atoms with Gasteiger partial charge >= 0.3 is 0 Å². The predicted molar refractivity (Wildman–Crippen MR) is 95.6 cm³/mol. The Labute approximate surface area is 145 Å². The second-order valence-electron chi connectivity index (χ2n) is 5.60. The fourth-order valence-corrected chi connectivity index (χ4v) is 3.27. The molecule has 6 nitrogen and oxygen atoms in total. The first-order valence-corrected chi connectivity index (χ1v) is 8.83. The van der Waals surface area contributed by atoms with Crippen molar-refractivity contribution >= 4 is 28.2 Å². The van der Waals surface area contributed by atoms with Gasteiger partial charge in [0.1, 0.15) is 0 Å². The Kier molecular flexibility index (Phi) is 6.57. The first kappa shape index (κ1) is 18.2. The van der Waals surface area contributed by atoms with Crippen molar-refractivity contribution in [3.8, 4) is 0 Å². The molecule has 2 rings (SSSR count). The van der Waals surface area contributed by atoms with Crippen LogP contribution in [0.3, 0.4) is 0 Å². The van der Waals surface area contributed by atoms with Gasteiger partial charge in [0.2, 0.25) is 0 Å². The van der Waals surface area contributed by atoms with E-state index in [1.807, 2.05) is 6.92 Å². The van der Waals surface area contributed by atoms with Crippen LogP contribution in [0.15, 0.2) is 28.9 Å². The molecule has 2 aromatic heterocycles. The van der Waals surface area contributed by atoms with Crippen molar-refractivity contribution in [1.29, 1.82) is 0 Å². The minimum Gasteiger partial charge on any atom is -0.459 e. The lowest BCUT2D eigenvalue weighted by atomic mass is 10.1. The van der Waals surface area contributed by atoms with Crippen LogP contribution in [-0.2, 0) is 0 Å². The van der Waals surface area contributed by atoms with Crippen LogP contribution in [0.1, 0.15) is 52.0 Å². The Morgan fingerprint density at radius 2 is 2.17 bits per heavy atom. The van der Waals surface area contributed by atoms with Crippen molar-refractivity contribution in [3.05, 3.63) is 40.7 Å². The molecule has 2 aromatic rings. The summed E-state index contributed by atoms with van der Waals surface area (Å²) in [6.45, 7) is 4.36. The number of carbonyl (C=O) groups is 2. The largest absolute Gasteiger partial charge is 0.459 e. The fraction of sp³-hybridized carbons (Fsp3) is 0.412. The van der Waals surface area contributed by atoms with Gasteiger partial charge in [0.25, 0.3) is 11.8 Å². The summed E-state index contributed by atoms with van der Waals surface area (Å²) >= 11 is 1.24. The molecule has 2 heterocycles. The molecule has 0 aromatic carbocycles. The maximum absolute atomic E-state index is 12.4. The first-order valence-electron chi connectivity index (χ1n) is 8.01. The lowest BCUT2D eigenvalue weighted by molar-refractivity contribution is 0.0938. The molecule has 1 atom stereocenters. The molecule has 0 radical (unpaired) electrons. The second-order valence-corrected chi connectivity index (χ2v) is 6.65. The minimum atomic E-state index is -0.337. The maximum Gasteiger partial charge on any atom is 0.291 e. The van der Waals surface area contributed by atoms with Crippen LogP contribution in [-0.4, -0.2) is 24.4 Å². The summed E-state index contributed by atoms with van der Waals surface area (Å²) in [4.78, 5) is 25.0. The van der Waals surface area contributed by atoms with Gasteiger partial charge < -0.3 is 20.8 Å². The van der Waals surface area contributed by atoms with Gasteiger partial charge in [-0.3, -0.25) is 9.59 Å². The van der Waals surface area contributed by atoms with Crippen LogP contribution < -0.4 is 16.4 Å². The van der Waals surface area contributed by atoms with E-state index in [0.717, 1.165) is 24.8 Å². The number of amides is 2. The molecule has 4 N–H and O–H groups in total. The van der Waals surface area contributed by atoms with E-state index in [0.29, 0.717) is 16.4 Å². The average molecular weight is 349 g/mol. The number of carbonyl (C=O) groups excluding carboxylic acids is 2. The van der Waals surface area contributed by atoms with E-state index in [1.54, 1.807) is 18.2 Å². The van der Waals surface area contributed by atoms with Crippen LogP contribution in [0.2, 0.25) is 0 Å². The number of rotatable bonds is 8. The summed E-state index contributed by atoms with van der Waals surface area (Å²) < 4.78 is 5.06. The van der Waals surface area contributed by atoms with Crippen LogP contribution in [0.4, 0.5) is 5.00 Å². The summed E-state index contributed by atoms with van der Waals surface area (Å²) in [5.41, 5.74) is 6.54. The summed E-state index contributed by atoms with van der Waals surface area (Å²) in [6.07, 6.45) is 4.39. The highest BCUT2D eigenvalue weighted by Crippen LogP contribution is 2.27. The van der Waals surface area contributed by atoms with Crippen LogP contribution in [0.25, 0.3) is 0 Å². The predicted octanol–water partition coefficient (Wildman–Crippen LogP) is 3.15. The number of nitrogens with one attached hydrogen (secondary N) is 2. The zero-order chi connectivity index (χ0) is 17.5. The molecule has 130 valence electrons. The van der Waals surface area contributed by atoms with Gasteiger partial charge in [0.15, 0.2) is 5.76 Å². The van der Waals surface area contributed by atoms with E-state index in [1.165, 1.54) is 17.6 Å². The molecule has 0 fully saturated rings. The van der Waals surface area contributed by atoms with Gasteiger partial charge in [-0.25, -0.2) is 0 Å². The normalized spacial score (nSPS) is 12.0. The fourth-order valence-electron chi connectivity index (χ4n) is 2.30. The molecule has 1 unspecified atom stereocenters. The summed E-state index contributed by atoms with van der Waals surface area (Å²) in [6, 6.07) is 4.99. The Morgan fingerprint density at radius 1 is 1.38 bits per heavy atom. The maximum atomic E-state index is 12.4. The van der Waals surface area contributed by atoms with Crippen molar-refractivity contribution in [2.45, 2.75) is 39.2 Å². The van der Waals surface area contributed by atoms with E-state index in [2.05, 4.69) is 17.6 Å². The zero-order valence-electron chi connectivity index (χ0n) is 13.9. The molecular formula is C17H23N3O3S. The first-order chi connectivity index (χ1) is 11.5. The van der Waals surface area contributed by atoms with Gasteiger partial charge in [-0.15, -0.1) is 11.3 Å². The van der Waals surface area contributed by atoms with Gasteiger partial charge in [0, 0.05) is 12.6 Å². The van der Waals surface area contributed by atoms with E-state index in [-0.39, 0.29) is 23.6 Å². The number of furan rings is 1. The highest BCUT2D eigenvalue weighted by Gasteiger charge is 2.18. The van der Waals surface area contributed by atoms with Crippen LogP contribution in [0.5, 0.6) is 0 Å². The lowest BCUT2D eigenvalue weighted by Crippen LogP contribution is -2.40. The average Bonchev–Trinajstić information content (AvgIpc) is 3.21. The Balaban J connectivity index is 2.02. The Hall–Kier alpha value is -2.12. The number of aryl methyl sites for hydroxylation is 1. The Bertz CT molecular complexity index is 679. The van der Waals surface area contributed by atoms with Gasteiger partial charge in [-0.1, -0.05) is 19.8 Å². The minimum absolute atomic E-state index is 0.0277. The van der Waals surface area contributed by atoms with Crippen LogP contribution >= 0.6 is 11.3 Å². The molecule has 0 saturated heterocycles. The molecule has 0 aliphatic carbocycles. The molecular weight excluding hydrogens is 326 g/mol. The molecule has 0 aliphatic heterocycles. The molecule has 0 spiro atoms. The van der Waals surface area contributed by atoms with Crippen molar-refractivity contribution in [3.63, 3.8) is 0 Å². The third-order valence-electron chi connectivity index (χ3n) is 3.63. The lowest BCUT2D eigenvalue weighted by Gasteiger charge is -2.16. The van der Waals surface area contributed by atoms with Gasteiger partial charge in [-0.05, 0) is 37.1 Å². The number of anilines is 1. The van der Waals surface area contributed by atoms with Crippen molar-refractivity contribution in [2.24, 2.45) is 5.73 Å². The number of unbranched alkanes of at least 4 members (excludes halogenated alkanes) is 1. The zero-order valence-corrected chi connectivity index (χ0v) is 14.7. The molecule has 2 amide bonds. The summed E-state index contributed by atoms with van der Waals surface area (Å²) in [5, 5.41) is 6.32. The molecule has 0 bridgehead atoms. The standard InChI is InChI=1S/C17H23N3O3S/c1-3-4-6-12(10-18)19-17(22)15-11(2)9-14(24-15)20-16(21)13-7-5-8-23-13/h5,7-9,12H,3-4,6,10,18H2,1-2H3,(H,19,22)(H,20,21). The Morgan fingerprint density at radius 3 is 2.79 bits per heavy atom. The van der Waals surface area contributed by atoms with Gasteiger partial charge in [0.05, 0.1) is 16.1 Å². The number of hydrogen-bond donors (Lipinski definition) is 3. The smallest absolute Gasteiger partial charge is 0.291 e. The van der Waals surface area contributed by atoms with E-state index < -0.39 is 0 Å². The monoisotopic (exact) mass is 349 g/mol. The quantitative estimate of drug-likeness (QED) is 0.682. The van der Waals surface area contributed by atoms with Crippen molar-refractivity contribution in [1.82, 2.24) is 5.32 Å². The number of nitrogens with two attached hydrogens (primary N) is 1. The SMILES string of the molecule is CCCCC(CN)NC(=O)c1sc(NC(=O)c2ccco2)cc1C. The molecule has 7 heteroatoms. The molecule has 0 aliphatic rings. The number of thiophene rings is 1. The third kappa shape index (κ3) is 4.69. The molecule has 0 saturated carbocycles. The van der Waals surface area contributed by atoms with Crippen molar-refractivity contribution < 1.29 is 14.0 Å². The van der Waals surface area contributed by atoms with Crippen molar-refractivity contribution in [2.75, 3.05) is 11.9 Å². The highest BCUT2D eigenvalue weighted by atomic mass is 32.1. The van der Waals surface area contributed by atoms with Crippen LogP contribution in [0, 0.1) is 6.92 Å². The summed E-state index contributed by atoms with van der Waals surface area (Å²) in [5.74, 6) is -0.256. The number of hydrogen-bond acceptors (Lipinski definition) is 5. The van der Waals surface area contributed by atoms with E-state index in [9.17, 15) is 9.59 Å². The molecule has 24 heavy (non-hydrogen) atoms. The van der Waals surface area contributed by atoms with E-state index >= 15 is 0 Å². The third-order valence-corrected chi connectivity index (χ3v) is 4.78. The van der Waals surface area contributed by atoms with E-state index in [4.69, 9.17) is 10.2 Å². The highest BCUT2D eigenvalue weighted by molar-refractivity contribution is 7.18. The topological polar surface area (TPSA) is 97.4 Å².